The minimum absolute atomic E-state index is 0.0168. The van der Waals surface area contributed by atoms with Gasteiger partial charge in [0.15, 0.2) is 0 Å². The van der Waals surface area contributed by atoms with Crippen molar-refractivity contribution in [2.75, 3.05) is 10.8 Å². The Labute approximate surface area is 253 Å². The van der Waals surface area contributed by atoms with Crippen LogP contribution in [-0.4, -0.2) is 43.3 Å². The number of carbonyl (C=O) groups excluding carboxylic acids is 2. The molecule has 3 aromatic carbocycles. The van der Waals surface area contributed by atoms with Gasteiger partial charge in [-0.25, -0.2) is 8.42 Å². The number of aryl methyl sites for hydroxylation is 2. The molecule has 0 aromatic heterocycles. The van der Waals surface area contributed by atoms with E-state index < -0.39 is 34.1 Å². The van der Waals surface area contributed by atoms with Crippen LogP contribution in [0.4, 0.5) is 5.69 Å². The van der Waals surface area contributed by atoms with E-state index in [0.717, 1.165) is 9.87 Å². The van der Waals surface area contributed by atoms with Crippen LogP contribution in [0.3, 0.4) is 0 Å². The van der Waals surface area contributed by atoms with Gasteiger partial charge in [-0.2, -0.15) is 0 Å². The van der Waals surface area contributed by atoms with Crippen molar-refractivity contribution in [1.29, 1.82) is 0 Å². The average molecular weight is 619 g/mol. The third-order valence-electron chi connectivity index (χ3n) is 6.51. The average Bonchev–Trinajstić information content (AvgIpc) is 2.88. The van der Waals surface area contributed by atoms with Crippen LogP contribution in [0.2, 0.25) is 10.0 Å². The van der Waals surface area contributed by atoms with E-state index in [-0.39, 0.29) is 17.3 Å². The lowest BCUT2D eigenvalue weighted by molar-refractivity contribution is -0.141. The molecule has 220 valence electrons. The van der Waals surface area contributed by atoms with Crippen LogP contribution in [-0.2, 0) is 26.2 Å². The highest BCUT2D eigenvalue weighted by atomic mass is 35.5. The zero-order valence-electron chi connectivity index (χ0n) is 24.2. The van der Waals surface area contributed by atoms with E-state index in [4.69, 9.17) is 23.2 Å². The highest BCUT2D eigenvalue weighted by Crippen LogP contribution is 2.29. The molecule has 0 aliphatic carbocycles. The van der Waals surface area contributed by atoms with Gasteiger partial charge in [-0.1, -0.05) is 72.1 Å². The smallest absolute Gasteiger partial charge is 0.264 e. The molecule has 1 atom stereocenters. The molecule has 10 heteroatoms. The summed E-state index contributed by atoms with van der Waals surface area (Å²) in [7, 11) is -4.15. The summed E-state index contributed by atoms with van der Waals surface area (Å²) in [6.07, 6.45) is 0.300. The first-order valence-electron chi connectivity index (χ1n) is 13.3. The van der Waals surface area contributed by atoms with Gasteiger partial charge in [0.2, 0.25) is 11.8 Å². The van der Waals surface area contributed by atoms with Gasteiger partial charge in [-0.15, -0.1) is 0 Å². The van der Waals surface area contributed by atoms with E-state index >= 15 is 0 Å². The molecule has 0 aliphatic heterocycles. The predicted molar refractivity (Wildman–Crippen MR) is 166 cm³/mol. The number of para-hydroxylation sites is 1. The number of amides is 2. The van der Waals surface area contributed by atoms with Gasteiger partial charge in [0.05, 0.1) is 10.6 Å². The zero-order valence-corrected chi connectivity index (χ0v) is 26.6. The molecule has 0 unspecified atom stereocenters. The van der Waals surface area contributed by atoms with Crippen molar-refractivity contribution in [3.8, 4) is 0 Å². The minimum atomic E-state index is -4.15. The molecule has 2 amide bonds. The zero-order chi connectivity index (χ0) is 30.5. The largest absolute Gasteiger partial charge is 0.350 e. The van der Waals surface area contributed by atoms with Crippen molar-refractivity contribution >= 4 is 50.7 Å². The number of hydrogen-bond acceptors (Lipinski definition) is 4. The van der Waals surface area contributed by atoms with Gasteiger partial charge in [-0.05, 0) is 82.5 Å². The quantitative estimate of drug-likeness (QED) is 0.280. The molecule has 0 fully saturated rings. The van der Waals surface area contributed by atoms with Crippen molar-refractivity contribution in [3.05, 3.63) is 93.5 Å². The Bertz CT molecular complexity index is 1500. The first kappa shape index (κ1) is 32.4. The molecule has 0 bridgehead atoms. The van der Waals surface area contributed by atoms with Crippen molar-refractivity contribution in [1.82, 2.24) is 10.2 Å². The van der Waals surface area contributed by atoms with E-state index in [9.17, 15) is 18.0 Å². The molecular formula is C31H37Cl2N3O4S. The first-order valence-corrected chi connectivity index (χ1v) is 15.5. The number of nitrogens with one attached hydrogen (secondary N) is 1. The standard InChI is InChI=1S/C31H37Cl2N3O4S/c1-7-27(30(38)34-31(4,5)6)35(19-23-14-15-24(32)18-26(23)33)29(37)20-36(28-11-9-8-10-22(28)3)41(39,40)25-16-12-21(2)13-17-25/h8-18,27H,7,19-20H2,1-6H3,(H,34,38)/t27-/m0/s1. The van der Waals surface area contributed by atoms with Crippen LogP contribution in [0, 0.1) is 13.8 Å². The van der Waals surface area contributed by atoms with Crippen LogP contribution in [0.1, 0.15) is 50.8 Å². The maximum Gasteiger partial charge on any atom is 0.264 e. The third-order valence-corrected chi connectivity index (χ3v) is 8.87. The Kier molecular flexibility index (Phi) is 10.5. The molecule has 0 radical (unpaired) electrons. The van der Waals surface area contributed by atoms with Gasteiger partial charge in [0.1, 0.15) is 12.6 Å². The summed E-state index contributed by atoms with van der Waals surface area (Å²) in [6, 6.07) is 17.5. The Hall–Kier alpha value is -3.07. The summed E-state index contributed by atoms with van der Waals surface area (Å²) in [5.41, 5.74) is 2.00. The Morgan fingerprint density at radius 3 is 2.15 bits per heavy atom. The Balaban J connectivity index is 2.11. The maximum atomic E-state index is 14.2. The number of anilines is 1. The maximum absolute atomic E-state index is 14.2. The fourth-order valence-corrected chi connectivity index (χ4v) is 6.35. The number of sulfonamides is 1. The van der Waals surface area contributed by atoms with Gasteiger partial charge in [-0.3, -0.25) is 13.9 Å². The number of rotatable bonds is 10. The van der Waals surface area contributed by atoms with Crippen LogP contribution in [0.25, 0.3) is 0 Å². The second-order valence-electron chi connectivity index (χ2n) is 11.0. The topological polar surface area (TPSA) is 86.8 Å². The number of carbonyl (C=O) groups is 2. The van der Waals surface area contributed by atoms with Gasteiger partial charge < -0.3 is 10.2 Å². The summed E-state index contributed by atoms with van der Waals surface area (Å²) in [5, 5.41) is 3.72. The highest BCUT2D eigenvalue weighted by molar-refractivity contribution is 7.92. The number of benzene rings is 3. The van der Waals surface area contributed by atoms with Gasteiger partial charge >= 0.3 is 0 Å². The lowest BCUT2D eigenvalue weighted by atomic mass is 10.1. The van der Waals surface area contributed by atoms with Crippen LogP contribution in [0.5, 0.6) is 0 Å². The van der Waals surface area contributed by atoms with E-state index in [0.29, 0.717) is 33.3 Å². The molecule has 3 rings (SSSR count). The SMILES string of the molecule is CC[C@@H](C(=O)NC(C)(C)C)N(Cc1ccc(Cl)cc1Cl)C(=O)CN(c1ccccc1C)S(=O)(=O)c1ccc(C)cc1. The van der Waals surface area contributed by atoms with Crippen molar-refractivity contribution in [2.24, 2.45) is 0 Å². The lowest BCUT2D eigenvalue weighted by Crippen LogP contribution is -2.55. The van der Waals surface area contributed by atoms with Crippen LogP contribution < -0.4 is 9.62 Å². The predicted octanol–water partition coefficient (Wildman–Crippen LogP) is 6.53. The molecule has 1 N–H and O–H groups in total. The summed E-state index contributed by atoms with van der Waals surface area (Å²) in [4.78, 5) is 29.1. The molecule has 41 heavy (non-hydrogen) atoms. The summed E-state index contributed by atoms with van der Waals surface area (Å²) in [5.74, 6) is -0.895. The summed E-state index contributed by atoms with van der Waals surface area (Å²) in [6.45, 7) is 10.5. The fourth-order valence-electron chi connectivity index (χ4n) is 4.40. The fraction of sp³-hybridized carbons (Fsp3) is 0.355. The first-order chi connectivity index (χ1) is 19.1. The second kappa shape index (κ2) is 13.3. The van der Waals surface area contributed by atoms with Crippen molar-refractivity contribution in [3.63, 3.8) is 0 Å². The van der Waals surface area contributed by atoms with Crippen molar-refractivity contribution < 1.29 is 18.0 Å². The second-order valence-corrected chi connectivity index (χ2v) is 13.7. The lowest BCUT2D eigenvalue weighted by Gasteiger charge is -2.35. The monoisotopic (exact) mass is 617 g/mol. The highest BCUT2D eigenvalue weighted by Gasteiger charge is 2.35. The molecule has 0 heterocycles. The molecule has 0 saturated carbocycles. The molecule has 7 nitrogen and oxygen atoms in total. The minimum Gasteiger partial charge on any atom is -0.350 e. The normalized spacial score (nSPS) is 12.5. The molecular weight excluding hydrogens is 581 g/mol. The molecule has 0 aliphatic rings. The van der Waals surface area contributed by atoms with Crippen LogP contribution in [0.15, 0.2) is 71.6 Å². The number of halogens is 2. The third kappa shape index (κ3) is 8.24. The number of hydrogen-bond donors (Lipinski definition) is 1. The molecule has 3 aromatic rings. The van der Waals surface area contributed by atoms with Crippen molar-refractivity contribution in [2.45, 2.75) is 71.0 Å². The molecule has 0 saturated heterocycles. The van der Waals surface area contributed by atoms with E-state index in [1.165, 1.54) is 17.0 Å². The van der Waals surface area contributed by atoms with E-state index in [2.05, 4.69) is 5.32 Å². The van der Waals surface area contributed by atoms with Gasteiger partial charge in [0.25, 0.3) is 10.0 Å². The number of nitrogens with zero attached hydrogens (tertiary/aromatic N) is 2. The van der Waals surface area contributed by atoms with E-state index in [1.807, 2.05) is 27.7 Å². The van der Waals surface area contributed by atoms with E-state index in [1.54, 1.807) is 68.4 Å². The van der Waals surface area contributed by atoms with Crippen LogP contribution >= 0.6 is 23.2 Å². The molecule has 0 spiro atoms. The summed E-state index contributed by atoms with van der Waals surface area (Å²) >= 11 is 12.6. The van der Waals surface area contributed by atoms with Gasteiger partial charge in [0, 0.05) is 22.1 Å². The Morgan fingerprint density at radius 2 is 1.59 bits per heavy atom. The summed E-state index contributed by atoms with van der Waals surface area (Å²) < 4.78 is 29.1. The Morgan fingerprint density at radius 1 is 0.951 bits per heavy atom.